The number of aryl methyl sites for hydroxylation is 2. The van der Waals surface area contributed by atoms with E-state index in [1.165, 1.54) is 55.6 Å². The van der Waals surface area contributed by atoms with Gasteiger partial charge in [-0.2, -0.15) is 4.98 Å². The highest BCUT2D eigenvalue weighted by Gasteiger charge is 2.24. The molecular weight excluding hydrogens is 454 g/mol. The summed E-state index contributed by atoms with van der Waals surface area (Å²) in [5, 5.41) is 1.09. The van der Waals surface area contributed by atoms with Crippen molar-refractivity contribution in [2.24, 2.45) is 0 Å². The highest BCUT2D eigenvalue weighted by Crippen LogP contribution is 2.40. The lowest BCUT2D eigenvalue weighted by Gasteiger charge is -2.22. The first kappa shape index (κ1) is 22.4. The van der Waals surface area contributed by atoms with E-state index in [4.69, 9.17) is 14.7 Å². The van der Waals surface area contributed by atoms with E-state index in [9.17, 15) is 4.79 Å². The number of fused-ring (bicyclic) bond motifs is 3. The molecular formula is C29H30N3O2S+. The van der Waals surface area contributed by atoms with Gasteiger partial charge in [0.25, 0.3) is 0 Å². The third-order valence-electron chi connectivity index (χ3n) is 7.16. The number of hydrogen-bond donors (Lipinski definition) is 1. The summed E-state index contributed by atoms with van der Waals surface area (Å²) in [6.45, 7) is 3.23. The number of carbonyl (C=O) groups excluding carboxylic acids is 1. The number of rotatable bonds is 6. The number of ether oxygens (including phenoxy) is 1. The van der Waals surface area contributed by atoms with E-state index in [2.05, 4.69) is 0 Å². The number of nitrogens with zero attached hydrogens (tertiary/aromatic N) is 2. The van der Waals surface area contributed by atoms with Gasteiger partial charge < -0.3 is 9.64 Å². The largest absolute Gasteiger partial charge is 0.438 e. The summed E-state index contributed by atoms with van der Waals surface area (Å²) < 4.78 is 6.42. The Morgan fingerprint density at radius 1 is 0.857 bits per heavy atom. The summed E-state index contributed by atoms with van der Waals surface area (Å²) in [7, 11) is 0. The molecule has 1 saturated heterocycles. The molecule has 0 spiro atoms. The topological polar surface area (TPSA) is 56.5 Å². The van der Waals surface area contributed by atoms with E-state index in [-0.39, 0.29) is 5.78 Å². The molecule has 2 aromatic heterocycles. The zero-order valence-electron chi connectivity index (χ0n) is 19.9. The van der Waals surface area contributed by atoms with Gasteiger partial charge in [0.05, 0.1) is 18.5 Å². The molecule has 0 atom stereocenters. The van der Waals surface area contributed by atoms with Gasteiger partial charge in [-0.15, -0.1) is 11.3 Å². The van der Waals surface area contributed by atoms with Gasteiger partial charge in [-0.25, -0.2) is 4.98 Å². The Labute approximate surface area is 209 Å². The maximum Gasteiger partial charge on any atom is 0.231 e. The van der Waals surface area contributed by atoms with Crippen molar-refractivity contribution < 1.29 is 14.4 Å². The van der Waals surface area contributed by atoms with Crippen LogP contribution in [0.1, 0.15) is 64.3 Å². The van der Waals surface area contributed by atoms with E-state index in [1.54, 1.807) is 4.90 Å². The van der Waals surface area contributed by atoms with Crippen molar-refractivity contribution in [2.75, 3.05) is 13.1 Å². The number of piperidine rings is 1. The van der Waals surface area contributed by atoms with E-state index < -0.39 is 0 Å². The maximum absolute atomic E-state index is 12.8. The van der Waals surface area contributed by atoms with Crippen LogP contribution in [0.4, 0.5) is 0 Å². The Morgan fingerprint density at radius 3 is 2.40 bits per heavy atom. The second kappa shape index (κ2) is 9.88. The molecule has 6 heteroatoms. The van der Waals surface area contributed by atoms with Crippen molar-refractivity contribution in [1.82, 2.24) is 9.97 Å². The van der Waals surface area contributed by atoms with Crippen LogP contribution < -0.4 is 9.64 Å². The van der Waals surface area contributed by atoms with Gasteiger partial charge in [-0.05, 0) is 74.8 Å². The lowest BCUT2D eigenvalue weighted by Crippen LogP contribution is -3.11. The minimum atomic E-state index is 0.0141. The highest BCUT2D eigenvalue weighted by atomic mass is 32.1. The number of quaternary nitrogens is 1. The summed E-state index contributed by atoms with van der Waals surface area (Å²) >= 11 is 1.82. The molecule has 4 aromatic rings. The molecule has 35 heavy (non-hydrogen) atoms. The van der Waals surface area contributed by atoms with Crippen LogP contribution in [0.5, 0.6) is 11.6 Å². The molecule has 1 N–H and O–H groups in total. The lowest BCUT2D eigenvalue weighted by molar-refractivity contribution is -0.919. The molecule has 5 nitrogen and oxygen atoms in total. The molecule has 1 fully saturated rings. The van der Waals surface area contributed by atoms with Crippen molar-refractivity contribution in [1.29, 1.82) is 0 Å². The summed E-state index contributed by atoms with van der Waals surface area (Å²) in [5.74, 6) is 2.25. The summed E-state index contributed by atoms with van der Waals surface area (Å²) in [6.07, 6.45) is 8.53. The Hall–Kier alpha value is -3.09. The number of aromatic nitrogens is 2. The van der Waals surface area contributed by atoms with Crippen LogP contribution in [0.25, 0.3) is 10.2 Å². The van der Waals surface area contributed by atoms with Crippen molar-refractivity contribution >= 4 is 27.3 Å². The van der Waals surface area contributed by atoms with E-state index >= 15 is 0 Å². The standard InChI is InChI=1S/C29H29N3O2S/c33-27(20-9-3-1-4-10-20)21-13-15-22(16-14-21)34-28-26-23-11-5-6-12-24(23)35-29(26)31-25(30-28)19-32-17-7-2-8-18-32/h1,3-4,9-10,13-16H,2,5-8,11-12,17-19H2/p+1. The second-order valence-electron chi connectivity index (χ2n) is 9.65. The van der Waals surface area contributed by atoms with Crippen LogP contribution in [-0.2, 0) is 19.4 Å². The SMILES string of the molecule is O=C(c1ccccc1)c1ccc(Oc2nc(C[NH+]3CCCCC3)nc3sc4c(c23)CCCC4)cc1. The van der Waals surface area contributed by atoms with Crippen molar-refractivity contribution in [2.45, 2.75) is 51.5 Å². The fraction of sp³-hybridized carbons (Fsp3) is 0.345. The van der Waals surface area contributed by atoms with Crippen LogP contribution in [0.2, 0.25) is 0 Å². The molecule has 1 aliphatic carbocycles. The molecule has 0 amide bonds. The van der Waals surface area contributed by atoms with E-state index in [0.717, 1.165) is 35.4 Å². The van der Waals surface area contributed by atoms with Crippen molar-refractivity contribution in [3.8, 4) is 11.6 Å². The minimum absolute atomic E-state index is 0.0141. The predicted molar refractivity (Wildman–Crippen MR) is 139 cm³/mol. The fourth-order valence-corrected chi connectivity index (χ4v) is 6.58. The molecule has 2 aromatic carbocycles. The normalized spacial score (nSPS) is 16.2. The Bertz CT molecular complexity index is 1340. The predicted octanol–water partition coefficient (Wildman–Crippen LogP) is 5.16. The number of benzene rings is 2. The van der Waals surface area contributed by atoms with Gasteiger partial charge in [0.15, 0.2) is 11.6 Å². The first-order valence-electron chi connectivity index (χ1n) is 12.8. The number of nitrogens with one attached hydrogen (secondary N) is 1. The first-order valence-corrected chi connectivity index (χ1v) is 13.6. The van der Waals surface area contributed by atoms with Gasteiger partial charge >= 0.3 is 0 Å². The number of likely N-dealkylation sites (tertiary alicyclic amines) is 1. The average molecular weight is 485 g/mol. The third kappa shape index (κ3) is 4.73. The molecule has 2 aliphatic rings. The second-order valence-corrected chi connectivity index (χ2v) is 10.7. The summed E-state index contributed by atoms with van der Waals surface area (Å²) in [4.78, 5) is 26.8. The monoisotopic (exact) mass is 484 g/mol. The van der Waals surface area contributed by atoms with E-state index in [1.807, 2.05) is 65.9 Å². The van der Waals surface area contributed by atoms with Crippen molar-refractivity contribution in [3.63, 3.8) is 0 Å². The highest BCUT2D eigenvalue weighted by molar-refractivity contribution is 7.18. The number of ketones is 1. The molecule has 178 valence electrons. The first-order chi connectivity index (χ1) is 17.2. The van der Waals surface area contributed by atoms with Crippen molar-refractivity contribution in [3.05, 3.63) is 82.0 Å². The molecule has 6 rings (SSSR count). The van der Waals surface area contributed by atoms with Crippen LogP contribution in [-0.4, -0.2) is 28.8 Å². The van der Waals surface area contributed by atoms with Gasteiger partial charge in [-0.3, -0.25) is 4.79 Å². The smallest absolute Gasteiger partial charge is 0.231 e. The zero-order chi connectivity index (χ0) is 23.6. The van der Waals surface area contributed by atoms with Gasteiger partial charge in [0.2, 0.25) is 5.88 Å². The van der Waals surface area contributed by atoms with Crippen LogP contribution in [0, 0.1) is 0 Å². The maximum atomic E-state index is 12.8. The number of carbonyl (C=O) groups is 1. The van der Waals surface area contributed by atoms with Gasteiger partial charge in [0.1, 0.15) is 17.1 Å². The van der Waals surface area contributed by atoms with E-state index in [0.29, 0.717) is 22.8 Å². The third-order valence-corrected chi connectivity index (χ3v) is 8.35. The van der Waals surface area contributed by atoms with Gasteiger partial charge in [0, 0.05) is 16.0 Å². The molecule has 1 aliphatic heterocycles. The Kier molecular flexibility index (Phi) is 6.32. The molecule has 0 saturated carbocycles. The van der Waals surface area contributed by atoms with Crippen LogP contribution in [0.3, 0.4) is 0 Å². The molecule has 0 bridgehead atoms. The molecule has 0 radical (unpaired) electrons. The van der Waals surface area contributed by atoms with Crippen LogP contribution in [0.15, 0.2) is 54.6 Å². The lowest BCUT2D eigenvalue weighted by atomic mass is 9.97. The summed E-state index contributed by atoms with van der Waals surface area (Å²) in [5.41, 5.74) is 2.71. The van der Waals surface area contributed by atoms with Crippen LogP contribution >= 0.6 is 11.3 Å². The summed E-state index contributed by atoms with van der Waals surface area (Å²) in [6, 6.07) is 16.8. The van der Waals surface area contributed by atoms with Gasteiger partial charge in [-0.1, -0.05) is 30.3 Å². The Morgan fingerprint density at radius 2 is 1.60 bits per heavy atom. The average Bonchev–Trinajstić information content (AvgIpc) is 3.28. The zero-order valence-corrected chi connectivity index (χ0v) is 20.7. The molecule has 3 heterocycles. The Balaban J connectivity index is 1.32. The fourth-order valence-electron chi connectivity index (χ4n) is 5.31. The number of hydrogen-bond acceptors (Lipinski definition) is 5. The molecule has 0 unspecified atom stereocenters. The number of thiophene rings is 1. The minimum Gasteiger partial charge on any atom is -0.438 e. The quantitative estimate of drug-likeness (QED) is 0.384.